The Morgan fingerprint density at radius 1 is 1.57 bits per heavy atom. The highest BCUT2D eigenvalue weighted by molar-refractivity contribution is 5.69. The summed E-state index contributed by atoms with van der Waals surface area (Å²) in [5.74, 6) is 0.166. The summed E-state index contributed by atoms with van der Waals surface area (Å²) in [6.07, 6.45) is 4.89. The summed E-state index contributed by atoms with van der Waals surface area (Å²) in [5, 5.41) is 8.77. The van der Waals surface area contributed by atoms with Crippen LogP contribution in [0.15, 0.2) is 0 Å². The van der Waals surface area contributed by atoms with Gasteiger partial charge in [-0.3, -0.25) is 9.69 Å². The van der Waals surface area contributed by atoms with Gasteiger partial charge in [0, 0.05) is 6.04 Å². The molecule has 1 N–H and O–H groups in total. The summed E-state index contributed by atoms with van der Waals surface area (Å²) in [6.45, 7) is 5.34. The van der Waals surface area contributed by atoms with Crippen molar-refractivity contribution in [3.8, 4) is 0 Å². The van der Waals surface area contributed by atoms with Gasteiger partial charge in [-0.25, -0.2) is 0 Å². The fourth-order valence-corrected chi connectivity index (χ4v) is 1.90. The zero-order valence-corrected chi connectivity index (χ0v) is 9.20. The Bertz CT molecular complexity index is 190. The SMILES string of the molecule is CCCN(CC(=O)O)C(C)CC1CC1. The van der Waals surface area contributed by atoms with Crippen LogP contribution < -0.4 is 0 Å². The summed E-state index contributed by atoms with van der Waals surface area (Å²) in [5.41, 5.74) is 0. The van der Waals surface area contributed by atoms with Gasteiger partial charge in [0.2, 0.25) is 0 Å². The van der Waals surface area contributed by atoms with Crippen LogP contribution in [0.5, 0.6) is 0 Å². The molecule has 0 bridgehead atoms. The molecule has 1 fully saturated rings. The normalized spacial score (nSPS) is 18.5. The molecule has 0 spiro atoms. The molecule has 0 aliphatic heterocycles. The number of carbonyl (C=O) groups is 1. The topological polar surface area (TPSA) is 40.5 Å². The van der Waals surface area contributed by atoms with Crippen LogP contribution in [0.3, 0.4) is 0 Å². The molecular formula is C11H21NO2. The maximum Gasteiger partial charge on any atom is 0.317 e. The van der Waals surface area contributed by atoms with Gasteiger partial charge in [0.15, 0.2) is 0 Å². The van der Waals surface area contributed by atoms with E-state index in [1.165, 1.54) is 19.3 Å². The van der Waals surface area contributed by atoms with Crippen molar-refractivity contribution in [1.29, 1.82) is 0 Å². The van der Waals surface area contributed by atoms with E-state index in [-0.39, 0.29) is 6.54 Å². The fourth-order valence-electron chi connectivity index (χ4n) is 1.90. The minimum absolute atomic E-state index is 0.196. The van der Waals surface area contributed by atoms with Crippen LogP contribution in [-0.2, 0) is 4.79 Å². The summed E-state index contributed by atoms with van der Waals surface area (Å²) >= 11 is 0. The Hall–Kier alpha value is -0.570. The molecule has 3 heteroatoms. The van der Waals surface area contributed by atoms with Gasteiger partial charge in [-0.05, 0) is 32.2 Å². The van der Waals surface area contributed by atoms with E-state index in [1.54, 1.807) is 0 Å². The molecule has 0 heterocycles. The molecular weight excluding hydrogens is 178 g/mol. The van der Waals surface area contributed by atoms with Crippen LogP contribution in [0.25, 0.3) is 0 Å². The highest BCUT2D eigenvalue weighted by atomic mass is 16.4. The van der Waals surface area contributed by atoms with Crippen molar-refractivity contribution < 1.29 is 9.90 Å². The second kappa shape index (κ2) is 5.35. The standard InChI is InChI=1S/C11H21NO2/c1-3-6-12(8-11(13)14)9(2)7-10-4-5-10/h9-10H,3-8H2,1-2H3,(H,13,14). The van der Waals surface area contributed by atoms with Crippen LogP contribution >= 0.6 is 0 Å². The van der Waals surface area contributed by atoms with Gasteiger partial charge in [0.1, 0.15) is 0 Å². The average molecular weight is 199 g/mol. The van der Waals surface area contributed by atoms with E-state index in [2.05, 4.69) is 18.7 Å². The Morgan fingerprint density at radius 2 is 2.21 bits per heavy atom. The Balaban J connectivity index is 2.33. The van der Waals surface area contributed by atoms with Crippen molar-refractivity contribution in [2.75, 3.05) is 13.1 Å². The smallest absolute Gasteiger partial charge is 0.317 e. The Labute approximate surface area is 86.1 Å². The minimum atomic E-state index is -0.707. The summed E-state index contributed by atoms with van der Waals surface area (Å²) in [4.78, 5) is 12.7. The van der Waals surface area contributed by atoms with Crippen LogP contribution in [0.2, 0.25) is 0 Å². The van der Waals surface area contributed by atoms with Crippen molar-refractivity contribution in [1.82, 2.24) is 4.90 Å². The van der Waals surface area contributed by atoms with Crippen molar-refractivity contribution in [3.05, 3.63) is 0 Å². The molecule has 0 aromatic carbocycles. The molecule has 1 unspecified atom stereocenters. The molecule has 1 rings (SSSR count). The number of rotatable bonds is 7. The van der Waals surface area contributed by atoms with E-state index in [0.29, 0.717) is 6.04 Å². The molecule has 0 aromatic rings. The van der Waals surface area contributed by atoms with Crippen molar-refractivity contribution >= 4 is 5.97 Å². The highest BCUT2D eigenvalue weighted by Gasteiger charge is 2.26. The predicted molar refractivity (Wildman–Crippen MR) is 56.3 cm³/mol. The quantitative estimate of drug-likeness (QED) is 0.681. The number of carboxylic acids is 1. The van der Waals surface area contributed by atoms with Gasteiger partial charge < -0.3 is 5.11 Å². The maximum absolute atomic E-state index is 10.6. The maximum atomic E-state index is 10.6. The lowest BCUT2D eigenvalue weighted by Gasteiger charge is -2.27. The number of carboxylic acid groups (broad SMARTS) is 1. The van der Waals surface area contributed by atoms with Gasteiger partial charge in [-0.2, -0.15) is 0 Å². The first-order valence-corrected chi connectivity index (χ1v) is 5.59. The molecule has 0 aromatic heterocycles. The number of hydrogen-bond acceptors (Lipinski definition) is 2. The lowest BCUT2D eigenvalue weighted by Crippen LogP contribution is -2.38. The van der Waals surface area contributed by atoms with Gasteiger partial charge in [0.25, 0.3) is 0 Å². The molecule has 0 radical (unpaired) electrons. The van der Waals surface area contributed by atoms with Crippen LogP contribution in [0.4, 0.5) is 0 Å². The zero-order valence-electron chi connectivity index (χ0n) is 9.20. The molecule has 1 aliphatic carbocycles. The molecule has 1 saturated carbocycles. The third-order valence-electron chi connectivity index (χ3n) is 2.84. The molecule has 1 aliphatic rings. The fraction of sp³-hybridized carbons (Fsp3) is 0.909. The van der Waals surface area contributed by atoms with E-state index in [0.717, 1.165) is 18.9 Å². The summed E-state index contributed by atoms with van der Waals surface area (Å²) < 4.78 is 0. The molecule has 0 amide bonds. The molecule has 14 heavy (non-hydrogen) atoms. The van der Waals surface area contributed by atoms with E-state index in [4.69, 9.17) is 5.11 Å². The summed E-state index contributed by atoms with van der Waals surface area (Å²) in [6, 6.07) is 0.429. The van der Waals surface area contributed by atoms with Crippen LogP contribution in [0.1, 0.15) is 39.5 Å². The predicted octanol–water partition coefficient (Wildman–Crippen LogP) is 1.97. The Kier molecular flexibility index (Phi) is 4.39. The monoisotopic (exact) mass is 199 g/mol. The number of aliphatic carboxylic acids is 1. The lowest BCUT2D eigenvalue weighted by molar-refractivity contribution is -0.138. The largest absolute Gasteiger partial charge is 0.480 e. The van der Waals surface area contributed by atoms with Crippen LogP contribution in [0, 0.1) is 5.92 Å². The second-order valence-corrected chi connectivity index (χ2v) is 4.39. The minimum Gasteiger partial charge on any atom is -0.480 e. The molecule has 3 nitrogen and oxygen atoms in total. The van der Waals surface area contributed by atoms with E-state index >= 15 is 0 Å². The summed E-state index contributed by atoms with van der Waals surface area (Å²) in [7, 11) is 0. The van der Waals surface area contributed by atoms with Gasteiger partial charge in [-0.1, -0.05) is 19.8 Å². The first-order chi connectivity index (χ1) is 6.63. The molecule has 82 valence electrons. The third-order valence-corrected chi connectivity index (χ3v) is 2.84. The average Bonchev–Trinajstić information content (AvgIpc) is 2.86. The zero-order chi connectivity index (χ0) is 10.6. The molecule has 0 saturated heterocycles. The third kappa shape index (κ3) is 4.09. The van der Waals surface area contributed by atoms with Gasteiger partial charge in [0.05, 0.1) is 6.54 Å². The Morgan fingerprint density at radius 3 is 2.64 bits per heavy atom. The second-order valence-electron chi connectivity index (χ2n) is 4.39. The van der Waals surface area contributed by atoms with Crippen molar-refractivity contribution in [3.63, 3.8) is 0 Å². The first kappa shape index (κ1) is 11.5. The van der Waals surface area contributed by atoms with Crippen molar-refractivity contribution in [2.24, 2.45) is 5.92 Å². The van der Waals surface area contributed by atoms with Crippen molar-refractivity contribution in [2.45, 2.75) is 45.6 Å². The van der Waals surface area contributed by atoms with Gasteiger partial charge in [-0.15, -0.1) is 0 Å². The number of nitrogens with zero attached hydrogens (tertiary/aromatic N) is 1. The van der Waals surface area contributed by atoms with E-state index in [1.807, 2.05) is 0 Å². The van der Waals surface area contributed by atoms with Gasteiger partial charge >= 0.3 is 5.97 Å². The number of hydrogen-bond donors (Lipinski definition) is 1. The first-order valence-electron chi connectivity index (χ1n) is 5.59. The molecule has 1 atom stereocenters. The highest BCUT2D eigenvalue weighted by Crippen LogP contribution is 2.34. The van der Waals surface area contributed by atoms with Crippen LogP contribution in [-0.4, -0.2) is 35.1 Å². The van der Waals surface area contributed by atoms with E-state index < -0.39 is 5.97 Å². The lowest BCUT2D eigenvalue weighted by atomic mass is 10.1. The van der Waals surface area contributed by atoms with E-state index in [9.17, 15) is 4.79 Å².